The summed E-state index contributed by atoms with van der Waals surface area (Å²) in [5.41, 5.74) is 0. The van der Waals surface area contributed by atoms with Crippen molar-refractivity contribution in [3.63, 3.8) is 0 Å². The molecular weight excluding hydrogens is 285 g/mol. The van der Waals surface area contributed by atoms with Crippen molar-refractivity contribution < 1.29 is 4.79 Å². The molecule has 0 aromatic rings. The van der Waals surface area contributed by atoms with Crippen LogP contribution in [0.2, 0.25) is 19.6 Å². The van der Waals surface area contributed by atoms with Crippen LogP contribution in [0, 0.1) is 0 Å². The van der Waals surface area contributed by atoms with Crippen molar-refractivity contribution in [2.75, 3.05) is 6.54 Å². The predicted molar refractivity (Wildman–Crippen MR) is 75.0 cm³/mol. The average Bonchev–Trinajstić information content (AvgIpc) is 2.07. The molecule has 0 saturated heterocycles. The maximum Gasteiger partial charge on any atom is 0.272 e. The second kappa shape index (κ2) is 6.29. The first kappa shape index (κ1) is 16.3. The van der Waals surface area contributed by atoms with E-state index in [-0.39, 0.29) is 0 Å². The van der Waals surface area contributed by atoms with Crippen LogP contribution < -0.4 is 5.32 Å². The molecule has 0 rings (SSSR count). The van der Waals surface area contributed by atoms with E-state index in [9.17, 15) is 4.79 Å². The summed E-state index contributed by atoms with van der Waals surface area (Å²) in [5, 5.41) is 3.91. The zero-order chi connectivity index (χ0) is 13.0. The third-order valence-corrected chi connectivity index (χ3v) is 4.93. The molecule has 0 heterocycles. The number of halogens is 3. The summed E-state index contributed by atoms with van der Waals surface area (Å²) in [5.74, 6) is -0.572. The molecule has 0 saturated carbocycles. The summed E-state index contributed by atoms with van der Waals surface area (Å²) < 4.78 is -1.88. The summed E-state index contributed by atoms with van der Waals surface area (Å²) in [4.78, 5) is 11.4. The van der Waals surface area contributed by atoms with Gasteiger partial charge in [-0.1, -0.05) is 72.6 Å². The summed E-state index contributed by atoms with van der Waals surface area (Å²) in [7, 11) is -1.42. The lowest BCUT2D eigenvalue weighted by Crippen LogP contribution is -2.39. The van der Waals surface area contributed by atoms with Gasteiger partial charge in [-0.05, 0) is 6.42 Å². The summed E-state index contributed by atoms with van der Waals surface area (Å²) in [6.45, 7) is 9.19. The molecule has 1 N–H and O–H groups in total. The Morgan fingerprint density at radius 1 is 1.31 bits per heavy atom. The van der Waals surface area contributed by atoms with Gasteiger partial charge in [-0.15, -0.1) is 0 Å². The number of carbonyl (C=O) groups excluding carboxylic acids is 1. The maximum atomic E-state index is 11.4. The van der Waals surface area contributed by atoms with Crippen LogP contribution in [0.4, 0.5) is 0 Å². The first-order chi connectivity index (χ1) is 7.09. The molecule has 0 radical (unpaired) electrons. The Morgan fingerprint density at radius 3 is 2.12 bits per heavy atom. The maximum absolute atomic E-state index is 11.4. The van der Waals surface area contributed by atoms with Crippen molar-refractivity contribution in [1.82, 2.24) is 5.32 Å². The van der Waals surface area contributed by atoms with Crippen molar-refractivity contribution in [3.8, 4) is 0 Å². The van der Waals surface area contributed by atoms with Gasteiger partial charge in [0.25, 0.3) is 9.70 Å². The number of hydrogen-bond acceptors (Lipinski definition) is 1. The van der Waals surface area contributed by atoms with Crippen LogP contribution in [-0.4, -0.2) is 24.3 Å². The number of alkyl halides is 3. The minimum atomic E-state index is -1.88. The molecule has 6 heteroatoms. The summed E-state index contributed by atoms with van der Waals surface area (Å²) in [6.07, 6.45) is 3.09. The highest BCUT2D eigenvalue weighted by molar-refractivity contribution is 6.83. The molecule has 0 atom stereocenters. The van der Waals surface area contributed by atoms with Crippen molar-refractivity contribution in [3.05, 3.63) is 11.3 Å². The van der Waals surface area contributed by atoms with Crippen LogP contribution in [0.5, 0.6) is 0 Å². The minimum absolute atomic E-state index is 0.469. The monoisotopic (exact) mass is 301 g/mol. The number of carbonyl (C=O) groups is 1. The predicted octanol–water partition coefficient (Wildman–Crippen LogP) is 3.69. The smallest absolute Gasteiger partial charge is 0.272 e. The quantitative estimate of drug-likeness (QED) is 0.623. The summed E-state index contributed by atoms with van der Waals surface area (Å²) in [6, 6.07) is 0. The van der Waals surface area contributed by atoms with Gasteiger partial charge in [-0.2, -0.15) is 0 Å². The third-order valence-electron chi connectivity index (χ3n) is 2.11. The first-order valence-electron chi connectivity index (χ1n) is 5.13. The molecule has 0 aliphatic rings. The minimum Gasteiger partial charge on any atom is -0.349 e. The highest BCUT2D eigenvalue weighted by atomic mass is 35.6. The zero-order valence-corrected chi connectivity index (χ0v) is 13.3. The van der Waals surface area contributed by atoms with Gasteiger partial charge in [0.15, 0.2) is 0 Å². The fourth-order valence-electron chi connectivity index (χ4n) is 1.17. The molecule has 1 amide bonds. The van der Waals surface area contributed by atoms with Crippen molar-refractivity contribution in [1.29, 1.82) is 0 Å². The Kier molecular flexibility index (Phi) is 6.41. The SMILES string of the molecule is CC/C=C(/CNC(=O)C(Cl)(Cl)Cl)[Si](C)(C)C. The first-order valence-corrected chi connectivity index (χ1v) is 9.77. The molecule has 94 valence electrons. The number of nitrogens with one attached hydrogen (secondary N) is 1. The molecule has 0 bridgehead atoms. The van der Waals surface area contributed by atoms with Gasteiger partial charge in [0.2, 0.25) is 0 Å². The van der Waals surface area contributed by atoms with Gasteiger partial charge >= 0.3 is 0 Å². The van der Waals surface area contributed by atoms with Gasteiger partial charge in [0.1, 0.15) is 0 Å². The molecule has 2 nitrogen and oxygen atoms in total. The Bertz CT molecular complexity index is 279. The molecule has 0 unspecified atom stereocenters. The lowest BCUT2D eigenvalue weighted by atomic mass is 10.4. The largest absolute Gasteiger partial charge is 0.349 e. The second-order valence-electron chi connectivity index (χ2n) is 4.57. The van der Waals surface area contributed by atoms with E-state index < -0.39 is 17.8 Å². The fraction of sp³-hybridized carbons (Fsp3) is 0.700. The van der Waals surface area contributed by atoms with Crippen LogP contribution >= 0.6 is 34.8 Å². The lowest BCUT2D eigenvalue weighted by molar-refractivity contribution is -0.120. The van der Waals surface area contributed by atoms with Crippen LogP contribution in [0.1, 0.15) is 13.3 Å². The van der Waals surface area contributed by atoms with E-state index in [1.807, 2.05) is 0 Å². The second-order valence-corrected chi connectivity index (χ2v) is 12.0. The number of hydrogen-bond donors (Lipinski definition) is 1. The highest BCUT2D eigenvalue weighted by Crippen LogP contribution is 2.26. The van der Waals surface area contributed by atoms with Gasteiger partial charge in [0.05, 0.1) is 8.07 Å². The normalized spacial score (nSPS) is 13.8. The van der Waals surface area contributed by atoms with Crippen LogP contribution in [0.3, 0.4) is 0 Å². The molecule has 0 spiro atoms. The molecule has 0 aromatic carbocycles. The van der Waals surface area contributed by atoms with Crippen molar-refractivity contribution in [2.24, 2.45) is 0 Å². The molecular formula is C10H18Cl3NOSi. The van der Waals surface area contributed by atoms with Crippen LogP contribution in [0.25, 0.3) is 0 Å². The van der Waals surface area contributed by atoms with Gasteiger partial charge in [0, 0.05) is 6.54 Å². The van der Waals surface area contributed by atoms with Crippen LogP contribution in [0.15, 0.2) is 11.3 Å². The number of allylic oxidation sites excluding steroid dienone is 1. The highest BCUT2D eigenvalue weighted by Gasteiger charge is 2.31. The average molecular weight is 303 g/mol. The van der Waals surface area contributed by atoms with Crippen molar-refractivity contribution >= 4 is 48.8 Å². The topological polar surface area (TPSA) is 29.1 Å². The van der Waals surface area contributed by atoms with E-state index in [4.69, 9.17) is 34.8 Å². The Morgan fingerprint density at radius 2 is 1.81 bits per heavy atom. The van der Waals surface area contributed by atoms with Gasteiger partial charge in [-0.3, -0.25) is 4.79 Å². The van der Waals surface area contributed by atoms with Crippen LogP contribution in [-0.2, 0) is 4.79 Å². The lowest BCUT2D eigenvalue weighted by Gasteiger charge is -2.22. The van der Waals surface area contributed by atoms with E-state index in [2.05, 4.69) is 38.0 Å². The van der Waals surface area contributed by atoms with E-state index in [0.29, 0.717) is 6.54 Å². The molecule has 0 aliphatic heterocycles. The summed E-state index contributed by atoms with van der Waals surface area (Å²) >= 11 is 16.4. The zero-order valence-electron chi connectivity index (χ0n) is 10.0. The van der Waals surface area contributed by atoms with Gasteiger partial charge in [-0.25, -0.2) is 0 Å². The number of rotatable bonds is 4. The Labute approximate surface area is 113 Å². The molecule has 0 fully saturated rings. The van der Waals surface area contributed by atoms with E-state index >= 15 is 0 Å². The number of amides is 1. The van der Waals surface area contributed by atoms with Crippen molar-refractivity contribution in [2.45, 2.75) is 36.8 Å². The van der Waals surface area contributed by atoms with E-state index in [1.54, 1.807) is 0 Å². The third kappa shape index (κ3) is 6.14. The Balaban J connectivity index is 4.48. The van der Waals surface area contributed by atoms with Gasteiger partial charge < -0.3 is 5.32 Å². The molecule has 16 heavy (non-hydrogen) atoms. The van der Waals surface area contributed by atoms with E-state index in [0.717, 1.165) is 6.42 Å². The standard InChI is InChI=1S/C10H18Cl3NOSi/c1-5-6-8(16(2,3)4)7-14-9(15)10(11,12)13/h6H,5,7H2,1-4H3,(H,14,15)/b8-6-. The van der Waals surface area contributed by atoms with E-state index in [1.165, 1.54) is 5.20 Å². The fourth-order valence-corrected chi connectivity index (χ4v) is 2.80. The molecule has 0 aliphatic carbocycles. The molecule has 0 aromatic heterocycles. The Hall–Kier alpha value is 0.297.